The predicted octanol–water partition coefficient (Wildman–Crippen LogP) is 2.87. The van der Waals surface area contributed by atoms with Crippen molar-refractivity contribution in [2.24, 2.45) is 0 Å². The zero-order chi connectivity index (χ0) is 15.1. The number of para-hydroxylation sites is 1. The zero-order valence-corrected chi connectivity index (χ0v) is 11.5. The first-order chi connectivity index (χ1) is 10.1. The summed E-state index contributed by atoms with van der Waals surface area (Å²) in [6.45, 7) is 0. The Morgan fingerprint density at radius 3 is 2.57 bits per heavy atom. The minimum absolute atomic E-state index is 0.0410. The molecule has 2 rings (SSSR count). The normalized spacial score (nSPS) is 10.3. The second kappa shape index (κ2) is 7.28. The monoisotopic (exact) mass is 287 g/mol. The average molecular weight is 287 g/mol. The van der Waals surface area contributed by atoms with Gasteiger partial charge in [-0.2, -0.15) is 0 Å². The van der Waals surface area contributed by atoms with Crippen molar-refractivity contribution in [2.75, 3.05) is 5.32 Å². The molecule has 1 aromatic heterocycles. The first-order valence-electron chi connectivity index (χ1n) is 6.77. The quantitative estimate of drug-likeness (QED) is 0.820. The van der Waals surface area contributed by atoms with E-state index in [1.54, 1.807) is 18.4 Å². The molecule has 0 aliphatic heterocycles. The minimum atomic E-state index is -0.853. The number of benzene rings is 1. The number of aliphatic carboxylic acids is 1. The molecule has 0 unspecified atom stereocenters. The molecule has 0 aliphatic rings. The van der Waals surface area contributed by atoms with E-state index in [1.807, 2.05) is 24.3 Å². The van der Waals surface area contributed by atoms with Gasteiger partial charge in [-0.05, 0) is 30.2 Å². The Kier molecular flexibility index (Phi) is 5.15. The van der Waals surface area contributed by atoms with Gasteiger partial charge < -0.3 is 14.8 Å². The van der Waals surface area contributed by atoms with Gasteiger partial charge in [0, 0.05) is 24.9 Å². The van der Waals surface area contributed by atoms with E-state index in [4.69, 9.17) is 9.52 Å². The van der Waals surface area contributed by atoms with Gasteiger partial charge in [0.05, 0.1) is 6.26 Å². The van der Waals surface area contributed by atoms with Crippen molar-refractivity contribution in [2.45, 2.75) is 25.7 Å². The van der Waals surface area contributed by atoms with Gasteiger partial charge in [0.25, 0.3) is 0 Å². The van der Waals surface area contributed by atoms with Gasteiger partial charge in [-0.25, -0.2) is 0 Å². The summed E-state index contributed by atoms with van der Waals surface area (Å²) in [6, 6.07) is 10.9. The number of amides is 1. The maximum absolute atomic E-state index is 11.9. The van der Waals surface area contributed by atoms with Crippen LogP contribution in [0.3, 0.4) is 0 Å². The van der Waals surface area contributed by atoms with Gasteiger partial charge in [-0.15, -0.1) is 0 Å². The SMILES string of the molecule is O=C(O)CCc1ccccc1NC(=O)CCc1ccco1. The van der Waals surface area contributed by atoms with Gasteiger partial charge in [-0.1, -0.05) is 18.2 Å². The number of carbonyl (C=O) groups excluding carboxylic acids is 1. The third kappa shape index (κ3) is 4.80. The van der Waals surface area contributed by atoms with Crippen LogP contribution >= 0.6 is 0 Å². The van der Waals surface area contributed by atoms with Crippen LogP contribution in [0.2, 0.25) is 0 Å². The third-order valence-electron chi connectivity index (χ3n) is 3.08. The Hall–Kier alpha value is -2.56. The van der Waals surface area contributed by atoms with E-state index in [0.29, 0.717) is 24.9 Å². The third-order valence-corrected chi connectivity index (χ3v) is 3.08. The number of carboxylic acid groups (broad SMARTS) is 1. The topological polar surface area (TPSA) is 79.5 Å². The van der Waals surface area contributed by atoms with Gasteiger partial charge in [0.1, 0.15) is 5.76 Å². The van der Waals surface area contributed by atoms with Crippen molar-refractivity contribution < 1.29 is 19.1 Å². The van der Waals surface area contributed by atoms with Gasteiger partial charge >= 0.3 is 5.97 Å². The molecule has 0 saturated carbocycles. The lowest BCUT2D eigenvalue weighted by molar-refractivity contribution is -0.136. The highest BCUT2D eigenvalue weighted by molar-refractivity contribution is 5.91. The highest BCUT2D eigenvalue weighted by Crippen LogP contribution is 2.17. The zero-order valence-electron chi connectivity index (χ0n) is 11.5. The molecule has 0 spiro atoms. The minimum Gasteiger partial charge on any atom is -0.481 e. The fourth-order valence-electron chi connectivity index (χ4n) is 2.01. The number of rotatable bonds is 7. The molecule has 0 radical (unpaired) electrons. The van der Waals surface area contributed by atoms with Crippen LogP contribution in [0.1, 0.15) is 24.2 Å². The van der Waals surface area contributed by atoms with Gasteiger partial charge in [-0.3, -0.25) is 9.59 Å². The Labute approximate surface area is 122 Å². The van der Waals surface area contributed by atoms with E-state index in [0.717, 1.165) is 11.3 Å². The van der Waals surface area contributed by atoms with Crippen LogP contribution in [0.25, 0.3) is 0 Å². The van der Waals surface area contributed by atoms with Crippen LogP contribution in [0.4, 0.5) is 5.69 Å². The molecule has 21 heavy (non-hydrogen) atoms. The Balaban J connectivity index is 1.92. The summed E-state index contributed by atoms with van der Waals surface area (Å²) in [6.07, 6.45) is 2.87. The molecule has 0 atom stereocenters. The molecule has 5 nitrogen and oxygen atoms in total. The molecular formula is C16H17NO4. The first-order valence-corrected chi connectivity index (χ1v) is 6.77. The lowest BCUT2D eigenvalue weighted by atomic mass is 10.1. The van der Waals surface area contributed by atoms with Crippen LogP contribution in [0.15, 0.2) is 47.1 Å². The molecule has 110 valence electrons. The van der Waals surface area contributed by atoms with Crippen LogP contribution in [0.5, 0.6) is 0 Å². The molecule has 0 fully saturated rings. The van der Waals surface area contributed by atoms with Crippen LogP contribution in [0, 0.1) is 0 Å². The number of carboxylic acids is 1. The van der Waals surface area contributed by atoms with Crippen molar-refractivity contribution in [1.29, 1.82) is 0 Å². The number of nitrogens with one attached hydrogen (secondary N) is 1. The van der Waals surface area contributed by atoms with Crippen molar-refractivity contribution in [3.8, 4) is 0 Å². The number of hydrogen-bond donors (Lipinski definition) is 2. The molecule has 0 bridgehead atoms. The number of anilines is 1. The van der Waals surface area contributed by atoms with Gasteiger partial charge in [0.15, 0.2) is 0 Å². The van der Waals surface area contributed by atoms with E-state index in [-0.39, 0.29) is 12.3 Å². The number of hydrogen-bond acceptors (Lipinski definition) is 3. The van der Waals surface area contributed by atoms with E-state index >= 15 is 0 Å². The van der Waals surface area contributed by atoms with Crippen LogP contribution in [-0.2, 0) is 22.4 Å². The van der Waals surface area contributed by atoms with Crippen molar-refractivity contribution in [3.63, 3.8) is 0 Å². The van der Waals surface area contributed by atoms with E-state index in [9.17, 15) is 9.59 Å². The van der Waals surface area contributed by atoms with Crippen molar-refractivity contribution >= 4 is 17.6 Å². The molecule has 0 aliphatic carbocycles. The summed E-state index contributed by atoms with van der Waals surface area (Å²) in [5.74, 6) is -0.201. The fraction of sp³-hybridized carbons (Fsp3) is 0.250. The summed E-state index contributed by atoms with van der Waals surface area (Å²) < 4.78 is 5.18. The lowest BCUT2D eigenvalue weighted by Gasteiger charge is -2.10. The summed E-state index contributed by atoms with van der Waals surface area (Å²) in [5, 5.41) is 11.6. The molecular weight excluding hydrogens is 270 g/mol. The highest BCUT2D eigenvalue weighted by atomic mass is 16.4. The Morgan fingerprint density at radius 1 is 1.05 bits per heavy atom. The predicted molar refractivity (Wildman–Crippen MR) is 78.1 cm³/mol. The smallest absolute Gasteiger partial charge is 0.303 e. The number of aryl methyl sites for hydroxylation is 2. The second-order valence-electron chi connectivity index (χ2n) is 4.68. The lowest BCUT2D eigenvalue weighted by Crippen LogP contribution is -2.14. The second-order valence-corrected chi connectivity index (χ2v) is 4.68. The van der Waals surface area contributed by atoms with Crippen LogP contribution < -0.4 is 5.32 Å². The standard InChI is InChI=1S/C16H17NO4/c18-15(9-8-13-5-3-11-21-13)17-14-6-2-1-4-12(14)7-10-16(19)20/h1-6,11H,7-10H2,(H,17,18)(H,19,20). The van der Waals surface area contributed by atoms with E-state index in [2.05, 4.69) is 5.32 Å². The molecule has 2 N–H and O–H groups in total. The maximum atomic E-state index is 11.9. The number of carbonyl (C=O) groups is 2. The van der Waals surface area contributed by atoms with Crippen LogP contribution in [-0.4, -0.2) is 17.0 Å². The molecule has 5 heteroatoms. The summed E-state index contributed by atoms with van der Waals surface area (Å²) in [7, 11) is 0. The molecule has 2 aromatic rings. The maximum Gasteiger partial charge on any atom is 0.303 e. The average Bonchev–Trinajstić information content (AvgIpc) is 2.97. The summed E-state index contributed by atoms with van der Waals surface area (Å²) >= 11 is 0. The van der Waals surface area contributed by atoms with Crippen molar-refractivity contribution in [3.05, 3.63) is 54.0 Å². The van der Waals surface area contributed by atoms with E-state index < -0.39 is 5.97 Å². The molecule has 1 aromatic carbocycles. The largest absolute Gasteiger partial charge is 0.481 e. The van der Waals surface area contributed by atoms with E-state index in [1.165, 1.54) is 0 Å². The summed E-state index contributed by atoms with van der Waals surface area (Å²) in [5.41, 5.74) is 1.49. The molecule has 1 amide bonds. The highest BCUT2D eigenvalue weighted by Gasteiger charge is 2.09. The first kappa shape index (κ1) is 14.8. The van der Waals surface area contributed by atoms with Crippen molar-refractivity contribution in [1.82, 2.24) is 0 Å². The fourth-order valence-corrected chi connectivity index (χ4v) is 2.01. The van der Waals surface area contributed by atoms with Gasteiger partial charge in [0.2, 0.25) is 5.91 Å². The number of furan rings is 1. The Bertz CT molecular complexity index is 604. The molecule has 0 saturated heterocycles. The summed E-state index contributed by atoms with van der Waals surface area (Å²) in [4.78, 5) is 22.6. The Morgan fingerprint density at radius 2 is 1.86 bits per heavy atom. The molecule has 1 heterocycles.